The summed E-state index contributed by atoms with van der Waals surface area (Å²) in [7, 11) is 0. The molecule has 0 N–H and O–H groups in total. The summed E-state index contributed by atoms with van der Waals surface area (Å²) in [6.07, 6.45) is 5.07. The van der Waals surface area contributed by atoms with Crippen LogP contribution in [0.2, 0.25) is 0 Å². The molecule has 2 rings (SSSR count). The predicted molar refractivity (Wildman–Crippen MR) is 68.1 cm³/mol. The Morgan fingerprint density at radius 1 is 1.22 bits per heavy atom. The molecule has 3 heteroatoms. The second-order valence-electron chi connectivity index (χ2n) is 4.88. The van der Waals surface area contributed by atoms with Crippen LogP contribution in [-0.4, -0.2) is 19.0 Å². The molecule has 1 saturated carbocycles. The maximum atomic E-state index is 12.7. The Balaban J connectivity index is 1.57. The van der Waals surface area contributed by atoms with Gasteiger partial charge in [-0.3, -0.25) is 4.79 Å². The highest BCUT2D eigenvalue weighted by Crippen LogP contribution is 2.32. The summed E-state index contributed by atoms with van der Waals surface area (Å²) in [5.74, 6) is 0.640. The van der Waals surface area contributed by atoms with Gasteiger partial charge in [-0.1, -0.05) is 12.8 Å². The molecule has 0 saturated heterocycles. The van der Waals surface area contributed by atoms with E-state index in [9.17, 15) is 9.18 Å². The molecule has 0 heterocycles. The fourth-order valence-corrected chi connectivity index (χ4v) is 1.87. The van der Waals surface area contributed by atoms with Crippen LogP contribution in [0.25, 0.3) is 0 Å². The van der Waals surface area contributed by atoms with Gasteiger partial charge in [0.15, 0.2) is 5.78 Å². The van der Waals surface area contributed by atoms with Crippen LogP contribution in [0.5, 0.6) is 0 Å². The van der Waals surface area contributed by atoms with Gasteiger partial charge in [0.1, 0.15) is 5.82 Å². The van der Waals surface area contributed by atoms with E-state index in [1.807, 2.05) is 0 Å². The van der Waals surface area contributed by atoms with E-state index in [4.69, 9.17) is 4.74 Å². The highest BCUT2D eigenvalue weighted by Gasteiger charge is 2.20. The van der Waals surface area contributed by atoms with Gasteiger partial charge in [-0.2, -0.15) is 0 Å². The number of ether oxygens (including phenoxy) is 1. The van der Waals surface area contributed by atoms with Crippen LogP contribution in [0.15, 0.2) is 24.3 Å². The summed E-state index contributed by atoms with van der Waals surface area (Å²) in [6, 6.07) is 5.70. The normalized spacial score (nSPS) is 14.7. The van der Waals surface area contributed by atoms with E-state index in [0.717, 1.165) is 25.4 Å². The first-order chi connectivity index (χ1) is 8.75. The largest absolute Gasteiger partial charge is 0.381 e. The molecule has 0 aliphatic heterocycles. The lowest BCUT2D eigenvalue weighted by Gasteiger charge is -2.03. The molecule has 18 heavy (non-hydrogen) atoms. The van der Waals surface area contributed by atoms with E-state index in [2.05, 4.69) is 0 Å². The number of rotatable bonds is 8. The molecule has 0 bridgehead atoms. The fourth-order valence-electron chi connectivity index (χ4n) is 1.87. The topological polar surface area (TPSA) is 26.3 Å². The fraction of sp³-hybridized carbons (Fsp3) is 0.533. The Hall–Kier alpha value is -1.22. The highest BCUT2D eigenvalue weighted by molar-refractivity contribution is 5.95. The molecule has 98 valence electrons. The molecular weight excluding hydrogens is 231 g/mol. The minimum Gasteiger partial charge on any atom is -0.381 e. The van der Waals surface area contributed by atoms with Crippen molar-refractivity contribution in [1.82, 2.24) is 0 Å². The van der Waals surface area contributed by atoms with Gasteiger partial charge in [0.2, 0.25) is 0 Å². The number of carbonyl (C=O) groups is 1. The molecule has 1 fully saturated rings. The maximum absolute atomic E-state index is 12.7. The zero-order valence-electron chi connectivity index (χ0n) is 10.5. The first-order valence-corrected chi connectivity index (χ1v) is 6.62. The molecule has 0 spiro atoms. The van der Waals surface area contributed by atoms with Gasteiger partial charge in [0.05, 0.1) is 0 Å². The molecule has 0 unspecified atom stereocenters. The van der Waals surface area contributed by atoms with E-state index >= 15 is 0 Å². The third kappa shape index (κ3) is 4.57. The van der Waals surface area contributed by atoms with Gasteiger partial charge in [0, 0.05) is 25.2 Å². The second-order valence-corrected chi connectivity index (χ2v) is 4.88. The Labute approximate surface area is 107 Å². The Morgan fingerprint density at radius 3 is 2.61 bits per heavy atom. The Morgan fingerprint density at radius 2 is 1.94 bits per heavy atom. The SMILES string of the molecule is O=C(CCCOCCC1CC1)c1ccc(F)cc1. The monoisotopic (exact) mass is 250 g/mol. The predicted octanol–water partition coefficient (Wildman–Crippen LogP) is 3.61. The van der Waals surface area contributed by atoms with Gasteiger partial charge in [0.25, 0.3) is 0 Å². The molecule has 1 aliphatic rings. The number of hydrogen-bond acceptors (Lipinski definition) is 2. The number of benzene rings is 1. The van der Waals surface area contributed by atoms with Crippen LogP contribution < -0.4 is 0 Å². The standard InChI is InChI=1S/C15H19FO2/c16-14-7-5-13(6-8-14)15(17)2-1-10-18-11-9-12-3-4-12/h5-8,12H,1-4,9-11H2. The first kappa shape index (κ1) is 13.2. The molecule has 0 amide bonds. The quantitative estimate of drug-likeness (QED) is 0.520. The first-order valence-electron chi connectivity index (χ1n) is 6.62. The molecule has 1 aromatic rings. The van der Waals surface area contributed by atoms with Crippen molar-refractivity contribution < 1.29 is 13.9 Å². The number of halogens is 1. The molecule has 2 nitrogen and oxygen atoms in total. The molecule has 0 aromatic heterocycles. The van der Waals surface area contributed by atoms with Crippen molar-refractivity contribution in [2.75, 3.05) is 13.2 Å². The third-order valence-corrected chi connectivity index (χ3v) is 3.23. The summed E-state index contributed by atoms with van der Waals surface area (Å²) < 4.78 is 18.2. The van der Waals surface area contributed by atoms with Crippen LogP contribution >= 0.6 is 0 Å². The number of hydrogen-bond donors (Lipinski definition) is 0. The van der Waals surface area contributed by atoms with Crippen molar-refractivity contribution >= 4 is 5.78 Å². The van der Waals surface area contributed by atoms with Crippen molar-refractivity contribution in [1.29, 1.82) is 0 Å². The maximum Gasteiger partial charge on any atom is 0.162 e. The average molecular weight is 250 g/mol. The smallest absolute Gasteiger partial charge is 0.162 e. The molecule has 0 atom stereocenters. The van der Waals surface area contributed by atoms with Crippen LogP contribution in [0.1, 0.15) is 42.5 Å². The molecule has 1 aromatic carbocycles. The number of carbonyl (C=O) groups excluding carboxylic acids is 1. The van der Waals surface area contributed by atoms with Crippen molar-refractivity contribution in [2.45, 2.75) is 32.1 Å². The summed E-state index contributed by atoms with van der Waals surface area (Å²) in [5.41, 5.74) is 0.578. The van der Waals surface area contributed by atoms with Crippen molar-refractivity contribution in [3.05, 3.63) is 35.6 Å². The van der Waals surface area contributed by atoms with Gasteiger partial charge >= 0.3 is 0 Å². The van der Waals surface area contributed by atoms with E-state index in [0.29, 0.717) is 18.6 Å². The minimum atomic E-state index is -0.310. The molecule has 1 aliphatic carbocycles. The van der Waals surface area contributed by atoms with E-state index in [1.165, 1.54) is 37.1 Å². The lowest BCUT2D eigenvalue weighted by molar-refractivity contribution is 0.0931. The van der Waals surface area contributed by atoms with E-state index in [-0.39, 0.29) is 11.6 Å². The minimum absolute atomic E-state index is 0.0563. The zero-order valence-corrected chi connectivity index (χ0v) is 10.5. The van der Waals surface area contributed by atoms with Gasteiger partial charge in [-0.25, -0.2) is 4.39 Å². The Kier molecular flexibility index (Phi) is 4.88. The molecular formula is C15H19FO2. The summed E-state index contributed by atoms with van der Waals surface area (Å²) in [4.78, 5) is 11.7. The summed E-state index contributed by atoms with van der Waals surface area (Å²) in [6.45, 7) is 1.45. The number of ketones is 1. The van der Waals surface area contributed by atoms with Crippen LogP contribution in [0.3, 0.4) is 0 Å². The average Bonchev–Trinajstić information content (AvgIpc) is 3.18. The third-order valence-electron chi connectivity index (χ3n) is 3.23. The van der Waals surface area contributed by atoms with E-state index in [1.54, 1.807) is 0 Å². The summed E-state index contributed by atoms with van der Waals surface area (Å²) in [5, 5.41) is 0. The summed E-state index contributed by atoms with van der Waals surface area (Å²) >= 11 is 0. The highest BCUT2D eigenvalue weighted by atomic mass is 19.1. The zero-order chi connectivity index (χ0) is 12.8. The second kappa shape index (κ2) is 6.64. The lowest BCUT2D eigenvalue weighted by atomic mass is 10.1. The van der Waals surface area contributed by atoms with Crippen LogP contribution in [-0.2, 0) is 4.74 Å². The van der Waals surface area contributed by atoms with Crippen molar-refractivity contribution in [3.63, 3.8) is 0 Å². The van der Waals surface area contributed by atoms with Gasteiger partial charge in [-0.05, 0) is 43.0 Å². The molecule has 0 radical (unpaired) electrons. The van der Waals surface area contributed by atoms with Crippen molar-refractivity contribution in [2.24, 2.45) is 5.92 Å². The number of Topliss-reactive ketones (excluding diaryl/α,β-unsaturated/α-hetero) is 1. The van der Waals surface area contributed by atoms with Gasteiger partial charge in [-0.15, -0.1) is 0 Å². The van der Waals surface area contributed by atoms with Gasteiger partial charge < -0.3 is 4.74 Å². The lowest BCUT2D eigenvalue weighted by Crippen LogP contribution is -2.03. The van der Waals surface area contributed by atoms with Crippen molar-refractivity contribution in [3.8, 4) is 0 Å². The Bertz CT molecular complexity index is 382. The van der Waals surface area contributed by atoms with E-state index < -0.39 is 0 Å². The van der Waals surface area contributed by atoms with Crippen LogP contribution in [0.4, 0.5) is 4.39 Å². The van der Waals surface area contributed by atoms with Crippen LogP contribution in [0, 0.1) is 11.7 Å².